The molecule has 1 aliphatic rings. The highest BCUT2D eigenvalue weighted by Crippen LogP contribution is 2.17. The molecule has 0 aliphatic carbocycles. The Morgan fingerprint density at radius 3 is 2.81 bits per heavy atom. The predicted octanol–water partition coefficient (Wildman–Crippen LogP) is 3.71. The van der Waals surface area contributed by atoms with Gasteiger partial charge in [-0.15, -0.1) is 11.8 Å². The molecule has 2 aromatic carbocycles. The van der Waals surface area contributed by atoms with Gasteiger partial charge in [0.2, 0.25) is 5.91 Å². The van der Waals surface area contributed by atoms with Crippen molar-refractivity contribution in [3.05, 3.63) is 65.7 Å². The molecule has 1 fully saturated rings. The first-order chi connectivity index (χ1) is 13.2. The summed E-state index contributed by atoms with van der Waals surface area (Å²) < 4.78 is 5.60. The molecule has 0 aromatic heterocycles. The maximum absolute atomic E-state index is 12.1. The summed E-state index contributed by atoms with van der Waals surface area (Å²) in [5.74, 6) is 0.899. The molecule has 3 rings (SSSR count). The molecule has 1 amide bonds. The third-order valence-corrected chi connectivity index (χ3v) is 5.57. The highest BCUT2D eigenvalue weighted by molar-refractivity contribution is 7.99. The molecule has 144 valence electrons. The summed E-state index contributed by atoms with van der Waals surface area (Å²) in [6, 6.07) is 18.7. The van der Waals surface area contributed by atoms with Crippen molar-refractivity contribution in [2.75, 3.05) is 25.4 Å². The second-order valence-corrected chi connectivity index (χ2v) is 8.09. The van der Waals surface area contributed by atoms with E-state index in [-0.39, 0.29) is 5.91 Å². The van der Waals surface area contributed by atoms with Crippen molar-refractivity contribution in [3.8, 4) is 0 Å². The van der Waals surface area contributed by atoms with Gasteiger partial charge in [-0.1, -0.05) is 42.5 Å². The largest absolute Gasteiger partial charge is 0.376 e. The highest BCUT2D eigenvalue weighted by atomic mass is 32.2. The van der Waals surface area contributed by atoms with Gasteiger partial charge in [-0.2, -0.15) is 0 Å². The van der Waals surface area contributed by atoms with E-state index in [0.29, 0.717) is 19.1 Å². The number of thioether (sulfide) groups is 1. The molecule has 1 heterocycles. The molecule has 0 spiro atoms. The first-order valence-electron chi connectivity index (χ1n) is 9.55. The average Bonchev–Trinajstić information content (AvgIpc) is 2.68. The topological polar surface area (TPSA) is 41.6 Å². The molecule has 1 unspecified atom stereocenters. The summed E-state index contributed by atoms with van der Waals surface area (Å²) in [6.07, 6.45) is 0.834. The molecule has 1 saturated heterocycles. The van der Waals surface area contributed by atoms with E-state index >= 15 is 0 Å². The molecule has 0 saturated carbocycles. The van der Waals surface area contributed by atoms with Gasteiger partial charge in [0.05, 0.1) is 12.7 Å². The van der Waals surface area contributed by atoms with Gasteiger partial charge in [-0.3, -0.25) is 9.69 Å². The van der Waals surface area contributed by atoms with Crippen LogP contribution in [0.5, 0.6) is 0 Å². The van der Waals surface area contributed by atoms with Gasteiger partial charge in [0, 0.05) is 43.2 Å². The van der Waals surface area contributed by atoms with Crippen molar-refractivity contribution in [1.29, 1.82) is 0 Å². The van der Waals surface area contributed by atoms with E-state index in [9.17, 15) is 4.79 Å². The van der Waals surface area contributed by atoms with E-state index in [1.807, 2.05) is 18.2 Å². The van der Waals surface area contributed by atoms with Gasteiger partial charge in [0.15, 0.2) is 0 Å². The molecule has 2 aromatic rings. The zero-order valence-electron chi connectivity index (χ0n) is 15.9. The lowest BCUT2D eigenvalue weighted by molar-refractivity contribution is -0.120. The number of benzene rings is 2. The van der Waals surface area contributed by atoms with Crippen LogP contribution < -0.4 is 5.32 Å². The monoisotopic (exact) mass is 384 g/mol. The Kier molecular flexibility index (Phi) is 7.75. The molecule has 1 aliphatic heterocycles. The fourth-order valence-electron chi connectivity index (χ4n) is 3.20. The van der Waals surface area contributed by atoms with Gasteiger partial charge in [0.25, 0.3) is 0 Å². The maximum atomic E-state index is 12.1. The minimum absolute atomic E-state index is 0.103. The van der Waals surface area contributed by atoms with Gasteiger partial charge >= 0.3 is 0 Å². The number of hydrogen-bond acceptors (Lipinski definition) is 4. The molecule has 0 radical (unpaired) electrons. The standard InChI is InChI=1S/C22H28N2O2S/c1-18-16-24(11-12-26-18)17-20-7-5-6-19(14-20)15-23-22(25)10-13-27-21-8-3-2-4-9-21/h2-9,14,18H,10-13,15-17H2,1H3,(H,23,25). The quantitative estimate of drug-likeness (QED) is 0.705. The summed E-state index contributed by atoms with van der Waals surface area (Å²) in [5.41, 5.74) is 2.44. The molecular weight excluding hydrogens is 356 g/mol. The van der Waals surface area contributed by atoms with Crippen LogP contribution in [0.2, 0.25) is 0 Å². The van der Waals surface area contributed by atoms with Crippen LogP contribution in [0, 0.1) is 0 Å². The predicted molar refractivity (Wildman–Crippen MR) is 111 cm³/mol. The van der Waals surface area contributed by atoms with E-state index < -0.39 is 0 Å². The Morgan fingerprint density at radius 2 is 2.00 bits per heavy atom. The number of nitrogens with one attached hydrogen (secondary N) is 1. The number of amides is 1. The Hall–Kier alpha value is -1.82. The number of rotatable bonds is 8. The van der Waals surface area contributed by atoms with Crippen molar-refractivity contribution in [1.82, 2.24) is 10.2 Å². The van der Waals surface area contributed by atoms with Crippen LogP contribution in [0.4, 0.5) is 0 Å². The zero-order valence-corrected chi connectivity index (χ0v) is 16.7. The average molecular weight is 385 g/mol. The maximum Gasteiger partial charge on any atom is 0.221 e. The fraction of sp³-hybridized carbons (Fsp3) is 0.409. The summed E-state index contributed by atoms with van der Waals surface area (Å²) in [7, 11) is 0. The van der Waals surface area contributed by atoms with Crippen molar-refractivity contribution in [2.24, 2.45) is 0 Å². The van der Waals surface area contributed by atoms with E-state index in [2.05, 4.69) is 53.5 Å². The molecule has 4 nitrogen and oxygen atoms in total. The minimum Gasteiger partial charge on any atom is -0.376 e. The first kappa shape index (κ1) is 19.9. The molecular formula is C22H28N2O2S. The number of hydrogen-bond donors (Lipinski definition) is 1. The molecule has 0 bridgehead atoms. The molecule has 27 heavy (non-hydrogen) atoms. The SMILES string of the molecule is CC1CN(Cc2cccc(CNC(=O)CCSc3ccccc3)c2)CCO1. The van der Waals surface area contributed by atoms with Gasteiger partial charge in [0.1, 0.15) is 0 Å². The van der Waals surface area contributed by atoms with Gasteiger partial charge < -0.3 is 10.1 Å². The first-order valence-corrected chi connectivity index (χ1v) is 10.5. The van der Waals surface area contributed by atoms with Crippen LogP contribution in [0.15, 0.2) is 59.5 Å². The number of nitrogens with zero attached hydrogens (tertiary/aromatic N) is 1. The lowest BCUT2D eigenvalue weighted by Crippen LogP contribution is -2.40. The number of carbonyl (C=O) groups excluding carboxylic acids is 1. The van der Waals surface area contributed by atoms with Crippen LogP contribution >= 0.6 is 11.8 Å². The van der Waals surface area contributed by atoms with Crippen LogP contribution in [-0.4, -0.2) is 42.4 Å². The number of morpholine rings is 1. The zero-order chi connectivity index (χ0) is 18.9. The molecule has 1 N–H and O–H groups in total. The van der Waals surface area contributed by atoms with Crippen molar-refractivity contribution in [3.63, 3.8) is 0 Å². The molecule has 1 atom stereocenters. The van der Waals surface area contributed by atoms with Crippen LogP contribution in [0.3, 0.4) is 0 Å². The van der Waals surface area contributed by atoms with Crippen LogP contribution in [0.1, 0.15) is 24.5 Å². The summed E-state index contributed by atoms with van der Waals surface area (Å²) in [4.78, 5) is 15.7. The smallest absolute Gasteiger partial charge is 0.221 e. The Balaban J connectivity index is 1.40. The number of ether oxygens (including phenoxy) is 1. The fourth-order valence-corrected chi connectivity index (χ4v) is 4.07. The van der Waals surface area contributed by atoms with Crippen molar-refractivity contribution >= 4 is 17.7 Å². The minimum atomic E-state index is 0.103. The second kappa shape index (κ2) is 10.5. The van der Waals surface area contributed by atoms with Gasteiger partial charge in [-0.25, -0.2) is 0 Å². The lowest BCUT2D eigenvalue weighted by atomic mass is 10.1. The van der Waals surface area contributed by atoms with E-state index in [1.165, 1.54) is 10.5 Å². The van der Waals surface area contributed by atoms with Crippen LogP contribution in [0.25, 0.3) is 0 Å². The normalized spacial score (nSPS) is 17.6. The third-order valence-electron chi connectivity index (χ3n) is 4.55. The Bertz CT molecular complexity index is 723. The summed E-state index contributed by atoms with van der Waals surface area (Å²) in [6.45, 7) is 6.39. The summed E-state index contributed by atoms with van der Waals surface area (Å²) in [5, 5.41) is 3.04. The Labute approximate surface area is 166 Å². The highest BCUT2D eigenvalue weighted by Gasteiger charge is 2.16. The number of carbonyl (C=O) groups is 1. The van der Waals surface area contributed by atoms with Crippen LogP contribution in [-0.2, 0) is 22.6 Å². The molecule has 5 heteroatoms. The van der Waals surface area contributed by atoms with Crippen molar-refractivity contribution in [2.45, 2.75) is 37.4 Å². The van der Waals surface area contributed by atoms with E-state index in [0.717, 1.165) is 37.6 Å². The van der Waals surface area contributed by atoms with Crippen molar-refractivity contribution < 1.29 is 9.53 Å². The third kappa shape index (κ3) is 7.01. The van der Waals surface area contributed by atoms with E-state index in [1.54, 1.807) is 11.8 Å². The van der Waals surface area contributed by atoms with E-state index in [4.69, 9.17) is 4.74 Å². The second-order valence-electron chi connectivity index (χ2n) is 6.92. The van der Waals surface area contributed by atoms with Gasteiger partial charge in [-0.05, 0) is 30.2 Å². The summed E-state index contributed by atoms with van der Waals surface area (Å²) >= 11 is 1.72. The lowest BCUT2D eigenvalue weighted by Gasteiger charge is -2.31. The Morgan fingerprint density at radius 1 is 1.19 bits per heavy atom.